The van der Waals surface area contributed by atoms with E-state index in [0.717, 1.165) is 0 Å². The van der Waals surface area contributed by atoms with E-state index in [1.165, 1.54) is 12.1 Å². The van der Waals surface area contributed by atoms with Gasteiger partial charge in [0.05, 0.1) is 48.2 Å². The zero-order chi connectivity index (χ0) is 23.1. The average Bonchev–Trinajstić information content (AvgIpc) is 2.78. The van der Waals surface area contributed by atoms with Gasteiger partial charge in [-0.1, -0.05) is 0 Å². The van der Waals surface area contributed by atoms with Crippen molar-refractivity contribution in [3.8, 4) is 23.0 Å². The van der Waals surface area contributed by atoms with Crippen molar-refractivity contribution < 1.29 is 30.6 Å². The molecule has 0 heterocycles. The van der Waals surface area contributed by atoms with Crippen LogP contribution in [0.1, 0.15) is 24.0 Å². The van der Waals surface area contributed by atoms with Gasteiger partial charge in [-0.25, -0.2) is 0 Å². The molecule has 0 saturated carbocycles. The minimum absolute atomic E-state index is 0.0236. The predicted molar refractivity (Wildman–Crippen MR) is 123 cm³/mol. The number of nitrogens with zero attached hydrogens (tertiary/aromatic N) is 2. The predicted octanol–water partition coefficient (Wildman–Crippen LogP) is 0.198. The van der Waals surface area contributed by atoms with Crippen LogP contribution in [-0.2, 0) is 0 Å². The molecule has 0 spiro atoms. The van der Waals surface area contributed by atoms with E-state index < -0.39 is 0 Å². The Bertz CT molecular complexity index is 941. The van der Waals surface area contributed by atoms with Crippen molar-refractivity contribution in [1.29, 1.82) is 0 Å². The number of aliphatic hydroxyl groups excluding tert-OH is 2. The fourth-order valence-corrected chi connectivity index (χ4v) is 3.86. The molecule has 0 unspecified atom stereocenters. The quantitative estimate of drug-likeness (QED) is 0.189. The van der Waals surface area contributed by atoms with E-state index >= 15 is 0 Å². The molecule has 8 N–H and O–H groups in total. The summed E-state index contributed by atoms with van der Waals surface area (Å²) in [7, 11) is 0. The lowest BCUT2D eigenvalue weighted by Gasteiger charge is -2.24. The molecule has 3 rings (SSSR count). The van der Waals surface area contributed by atoms with Crippen LogP contribution in [0.3, 0.4) is 0 Å². The second kappa shape index (κ2) is 11.1. The number of aliphatic hydroxyl groups is 2. The molecular weight excluding hydrogens is 416 g/mol. The Morgan fingerprint density at radius 1 is 0.656 bits per heavy atom. The van der Waals surface area contributed by atoms with E-state index in [9.17, 15) is 20.4 Å². The van der Waals surface area contributed by atoms with Crippen molar-refractivity contribution in [3.05, 3.63) is 23.3 Å². The minimum atomic E-state index is -0.269. The molecule has 0 radical (unpaired) electrons. The molecule has 10 nitrogen and oxygen atoms in total. The molecule has 0 aliphatic heterocycles. The second-order valence-corrected chi connectivity index (χ2v) is 7.41. The van der Waals surface area contributed by atoms with Gasteiger partial charge in [0.1, 0.15) is 23.0 Å². The van der Waals surface area contributed by atoms with Crippen LogP contribution in [0.15, 0.2) is 22.1 Å². The molecule has 2 aromatic carbocycles. The summed E-state index contributed by atoms with van der Waals surface area (Å²) in [4.78, 5) is 9.15. The van der Waals surface area contributed by atoms with E-state index in [1.54, 1.807) is 0 Å². The van der Waals surface area contributed by atoms with Crippen LogP contribution in [0.4, 0.5) is 0 Å². The van der Waals surface area contributed by atoms with Crippen LogP contribution in [0.5, 0.6) is 23.0 Å². The summed E-state index contributed by atoms with van der Waals surface area (Å²) in [5, 5.41) is 66.6. The SMILES string of the molecule is OCCNCCN=C1CCC(=NCCNCCO)c2c1c(O)c1c(O)ccc(O)c1c2O. The van der Waals surface area contributed by atoms with Crippen LogP contribution in [-0.4, -0.2) is 94.5 Å². The summed E-state index contributed by atoms with van der Waals surface area (Å²) in [5.74, 6) is -1.08. The maximum absolute atomic E-state index is 11.1. The summed E-state index contributed by atoms with van der Waals surface area (Å²) in [6.07, 6.45) is 0.960. The van der Waals surface area contributed by atoms with Crippen molar-refractivity contribution >= 4 is 22.2 Å². The van der Waals surface area contributed by atoms with Gasteiger partial charge in [-0.3, -0.25) is 9.98 Å². The van der Waals surface area contributed by atoms with E-state index in [1.807, 2.05) is 0 Å². The highest BCUT2D eigenvalue weighted by atomic mass is 16.3. The lowest BCUT2D eigenvalue weighted by Crippen LogP contribution is -2.25. The molecular formula is C22H30N4O6. The van der Waals surface area contributed by atoms with Gasteiger partial charge in [-0.05, 0) is 25.0 Å². The Balaban J connectivity index is 2.09. The fourth-order valence-electron chi connectivity index (χ4n) is 3.86. The summed E-state index contributed by atoms with van der Waals surface area (Å²) in [6.45, 7) is 2.81. The van der Waals surface area contributed by atoms with Gasteiger partial charge in [0.25, 0.3) is 0 Å². The van der Waals surface area contributed by atoms with E-state index in [-0.39, 0.29) is 47.0 Å². The van der Waals surface area contributed by atoms with Gasteiger partial charge >= 0.3 is 0 Å². The minimum Gasteiger partial charge on any atom is -0.507 e. The highest BCUT2D eigenvalue weighted by Crippen LogP contribution is 2.49. The standard InChI is InChI=1S/C22H30N4O6/c27-11-9-23-5-7-25-13-1-2-14(26-8-6-24-10-12-28)18-17(13)21(31)19-15(29)3-4-16(30)20(19)22(18)32/h3-4,23-24,27-32H,1-2,5-12H2. The van der Waals surface area contributed by atoms with Crippen molar-refractivity contribution in [3.63, 3.8) is 0 Å². The summed E-state index contributed by atoms with van der Waals surface area (Å²) in [5.41, 5.74) is 1.74. The topological polar surface area (TPSA) is 170 Å². The van der Waals surface area contributed by atoms with Crippen molar-refractivity contribution in [2.45, 2.75) is 12.8 Å². The highest BCUT2D eigenvalue weighted by Gasteiger charge is 2.31. The zero-order valence-corrected chi connectivity index (χ0v) is 17.8. The van der Waals surface area contributed by atoms with Gasteiger partial charge in [-0.15, -0.1) is 0 Å². The number of fused-ring (bicyclic) bond motifs is 2. The third-order valence-corrected chi connectivity index (χ3v) is 5.29. The van der Waals surface area contributed by atoms with E-state index in [0.29, 0.717) is 74.7 Å². The lowest BCUT2D eigenvalue weighted by molar-refractivity contribution is 0.293. The van der Waals surface area contributed by atoms with Gasteiger partial charge in [-0.2, -0.15) is 0 Å². The van der Waals surface area contributed by atoms with Gasteiger partial charge in [0, 0.05) is 37.6 Å². The molecule has 0 fully saturated rings. The number of rotatable bonds is 10. The largest absolute Gasteiger partial charge is 0.507 e. The highest BCUT2D eigenvalue weighted by molar-refractivity contribution is 6.25. The van der Waals surface area contributed by atoms with Crippen LogP contribution < -0.4 is 10.6 Å². The van der Waals surface area contributed by atoms with Gasteiger partial charge in [0.2, 0.25) is 0 Å². The normalized spacial score (nSPS) is 16.2. The number of aromatic hydroxyl groups is 4. The number of nitrogens with one attached hydrogen (secondary N) is 2. The third kappa shape index (κ3) is 4.94. The molecule has 0 amide bonds. The molecule has 1 aliphatic rings. The van der Waals surface area contributed by atoms with Crippen molar-refractivity contribution in [2.75, 3.05) is 52.5 Å². The first-order valence-electron chi connectivity index (χ1n) is 10.6. The van der Waals surface area contributed by atoms with E-state index in [2.05, 4.69) is 20.6 Å². The Morgan fingerprint density at radius 3 is 1.44 bits per heavy atom. The monoisotopic (exact) mass is 446 g/mol. The Hall–Kier alpha value is -2.92. The summed E-state index contributed by atoms with van der Waals surface area (Å²) < 4.78 is 0. The smallest absolute Gasteiger partial charge is 0.137 e. The van der Waals surface area contributed by atoms with Crippen LogP contribution in [0, 0.1) is 0 Å². The van der Waals surface area contributed by atoms with Crippen molar-refractivity contribution in [2.24, 2.45) is 9.98 Å². The number of hydrogen-bond acceptors (Lipinski definition) is 10. The maximum atomic E-state index is 11.1. The number of phenols is 4. The Morgan fingerprint density at radius 2 is 1.06 bits per heavy atom. The maximum Gasteiger partial charge on any atom is 0.137 e. The molecule has 174 valence electrons. The molecule has 10 heteroatoms. The molecule has 1 aliphatic carbocycles. The molecule has 0 saturated heterocycles. The van der Waals surface area contributed by atoms with Gasteiger partial charge < -0.3 is 41.3 Å². The third-order valence-electron chi connectivity index (χ3n) is 5.29. The van der Waals surface area contributed by atoms with E-state index in [4.69, 9.17) is 10.2 Å². The van der Waals surface area contributed by atoms with Gasteiger partial charge in [0.15, 0.2) is 0 Å². The molecule has 32 heavy (non-hydrogen) atoms. The zero-order valence-electron chi connectivity index (χ0n) is 17.8. The first kappa shape index (κ1) is 23.7. The lowest BCUT2D eigenvalue weighted by atomic mass is 9.84. The molecule has 2 aromatic rings. The fraction of sp³-hybridized carbons (Fsp3) is 0.455. The first-order chi connectivity index (χ1) is 15.5. The Labute approximate surface area is 185 Å². The summed E-state index contributed by atoms with van der Waals surface area (Å²) >= 11 is 0. The van der Waals surface area contributed by atoms with Crippen LogP contribution in [0.25, 0.3) is 10.8 Å². The van der Waals surface area contributed by atoms with Crippen LogP contribution >= 0.6 is 0 Å². The molecule has 0 bridgehead atoms. The number of phenolic OH excluding ortho intramolecular Hbond substituents is 4. The molecule has 0 aromatic heterocycles. The number of hydrogen-bond donors (Lipinski definition) is 8. The average molecular weight is 447 g/mol. The first-order valence-corrected chi connectivity index (χ1v) is 10.6. The Kier molecular flexibility index (Phi) is 8.23. The number of aliphatic imine (C=N–C) groups is 2. The number of benzene rings is 2. The van der Waals surface area contributed by atoms with Crippen molar-refractivity contribution in [1.82, 2.24) is 10.6 Å². The molecule has 0 atom stereocenters. The second-order valence-electron chi connectivity index (χ2n) is 7.41. The van der Waals surface area contributed by atoms with Crippen LogP contribution in [0.2, 0.25) is 0 Å². The summed E-state index contributed by atoms with van der Waals surface area (Å²) in [6, 6.07) is 2.51.